The van der Waals surface area contributed by atoms with E-state index in [1.807, 2.05) is 0 Å². The molecule has 0 saturated heterocycles. The van der Waals surface area contributed by atoms with Crippen LogP contribution in [0.2, 0.25) is 0 Å². The van der Waals surface area contributed by atoms with Crippen LogP contribution in [-0.2, 0) is 33.8 Å². The zero-order chi connectivity index (χ0) is 42.9. The van der Waals surface area contributed by atoms with Crippen LogP contribution in [0.5, 0.6) is 0 Å². The molecule has 0 bridgehead atoms. The fourth-order valence-corrected chi connectivity index (χ4v) is 5.58. The smallest absolute Gasteiger partial charge is 0.407 e. The summed E-state index contributed by atoms with van der Waals surface area (Å²) in [5.74, 6) is 0. The standard InChI is InChI=1S/C42H78N6O9/c1-40(2,3)22-31-55-34(49)43-25-16-10-13-19-28-46-37(52)47(29-20-14-11-17-26-44-35(50)56-32-23-41(4,5)6)39(54)48(38(46)53)30-21-15-12-18-27-45-36(51)57-33-24-42(7,8)9/h10-33H2,1-9H3,(H,43,49)(H,44,50)(H,45,51). The highest BCUT2D eigenvalue weighted by atomic mass is 16.6. The Morgan fingerprint density at radius 1 is 0.404 bits per heavy atom. The second-order valence-electron chi connectivity index (χ2n) is 18.7. The molecule has 1 aromatic rings. The van der Waals surface area contributed by atoms with E-state index in [-0.39, 0.29) is 35.9 Å². The maximum absolute atomic E-state index is 13.5. The minimum atomic E-state index is -0.596. The average molecular weight is 811 g/mol. The number of amides is 3. The number of alkyl carbamates (subject to hydrolysis) is 3. The quantitative estimate of drug-likeness (QED) is 0.0605. The predicted molar refractivity (Wildman–Crippen MR) is 225 cm³/mol. The van der Waals surface area contributed by atoms with Crippen molar-refractivity contribution >= 4 is 18.3 Å². The Morgan fingerprint density at radius 2 is 0.632 bits per heavy atom. The van der Waals surface area contributed by atoms with Crippen LogP contribution in [-0.4, -0.2) is 71.4 Å². The van der Waals surface area contributed by atoms with Gasteiger partial charge in [0.2, 0.25) is 0 Å². The Kier molecular flexibility index (Phi) is 24.3. The molecule has 57 heavy (non-hydrogen) atoms. The van der Waals surface area contributed by atoms with Gasteiger partial charge in [-0.2, -0.15) is 0 Å². The zero-order valence-electron chi connectivity index (χ0n) is 37.0. The number of hydrogen-bond acceptors (Lipinski definition) is 9. The third-order valence-electron chi connectivity index (χ3n) is 9.37. The molecule has 1 rings (SSSR count). The van der Waals surface area contributed by atoms with Gasteiger partial charge in [-0.1, -0.05) is 101 Å². The third-order valence-corrected chi connectivity index (χ3v) is 9.37. The molecular weight excluding hydrogens is 732 g/mol. The Morgan fingerprint density at radius 3 is 0.860 bits per heavy atom. The molecule has 330 valence electrons. The van der Waals surface area contributed by atoms with E-state index in [0.717, 1.165) is 77.0 Å². The minimum absolute atomic E-state index is 0.0883. The van der Waals surface area contributed by atoms with Gasteiger partial charge in [0, 0.05) is 39.3 Å². The summed E-state index contributed by atoms with van der Waals surface area (Å²) >= 11 is 0. The van der Waals surface area contributed by atoms with Gasteiger partial charge in [-0.05, 0) is 74.0 Å². The molecule has 3 amide bonds. The fourth-order valence-electron chi connectivity index (χ4n) is 5.58. The summed E-state index contributed by atoms with van der Waals surface area (Å²) in [6.45, 7) is 21.9. The molecule has 0 spiro atoms. The SMILES string of the molecule is CC(C)(C)CCOC(=O)NCCCCCCn1c(=O)n(CCCCCCNC(=O)OCCC(C)(C)C)c(=O)n(CCCCCCNC(=O)OCCC(C)(C)C)c1=O. The molecule has 3 N–H and O–H groups in total. The molecule has 0 aliphatic heterocycles. The van der Waals surface area contributed by atoms with Crippen molar-refractivity contribution in [3.05, 3.63) is 31.5 Å². The van der Waals surface area contributed by atoms with E-state index < -0.39 is 35.3 Å². The summed E-state index contributed by atoms with van der Waals surface area (Å²) in [4.78, 5) is 76.3. The largest absolute Gasteiger partial charge is 0.450 e. The first-order valence-corrected chi connectivity index (χ1v) is 21.4. The van der Waals surface area contributed by atoms with Gasteiger partial charge in [0.15, 0.2) is 0 Å². The van der Waals surface area contributed by atoms with Gasteiger partial charge in [-0.3, -0.25) is 0 Å². The van der Waals surface area contributed by atoms with Gasteiger partial charge in [-0.25, -0.2) is 42.5 Å². The number of carbonyl (C=O) groups excluding carboxylic acids is 3. The lowest BCUT2D eigenvalue weighted by Gasteiger charge is -2.17. The number of unbranched alkanes of at least 4 members (excludes halogenated alkanes) is 9. The van der Waals surface area contributed by atoms with E-state index in [1.165, 1.54) is 13.7 Å². The maximum atomic E-state index is 13.5. The van der Waals surface area contributed by atoms with Gasteiger partial charge in [-0.15, -0.1) is 0 Å². The van der Waals surface area contributed by atoms with Crippen LogP contribution < -0.4 is 33.0 Å². The molecule has 0 atom stereocenters. The lowest BCUT2D eigenvalue weighted by molar-refractivity contribution is 0.130. The number of carbonyl (C=O) groups is 3. The van der Waals surface area contributed by atoms with Crippen LogP contribution in [0.25, 0.3) is 0 Å². The number of nitrogens with zero attached hydrogens (tertiary/aromatic N) is 3. The molecule has 1 heterocycles. The first-order valence-electron chi connectivity index (χ1n) is 21.4. The number of nitrogens with one attached hydrogen (secondary N) is 3. The monoisotopic (exact) mass is 811 g/mol. The summed E-state index contributed by atoms with van der Waals surface area (Å²) in [6.07, 6.45) is 9.53. The van der Waals surface area contributed by atoms with Crippen LogP contribution in [0.4, 0.5) is 14.4 Å². The summed E-state index contributed by atoms with van der Waals surface area (Å²) in [7, 11) is 0. The Labute approximate surface area is 341 Å². The third kappa shape index (κ3) is 26.0. The number of rotatable bonds is 27. The van der Waals surface area contributed by atoms with Crippen molar-refractivity contribution in [2.75, 3.05) is 39.5 Å². The number of ether oxygens (including phenoxy) is 3. The molecular formula is C42H78N6O9. The first-order chi connectivity index (χ1) is 26.7. The van der Waals surface area contributed by atoms with Crippen molar-refractivity contribution in [3.8, 4) is 0 Å². The Hall–Kier alpha value is -3.78. The normalized spacial score (nSPS) is 11.9. The van der Waals surface area contributed by atoms with Gasteiger partial charge in [0.1, 0.15) is 0 Å². The van der Waals surface area contributed by atoms with E-state index in [2.05, 4.69) is 78.3 Å². The van der Waals surface area contributed by atoms with E-state index in [4.69, 9.17) is 14.2 Å². The highest BCUT2D eigenvalue weighted by Gasteiger charge is 2.17. The lowest BCUT2D eigenvalue weighted by Crippen LogP contribution is -2.54. The molecule has 15 nitrogen and oxygen atoms in total. The summed E-state index contributed by atoms with van der Waals surface area (Å²) in [5.41, 5.74) is -1.52. The second-order valence-corrected chi connectivity index (χ2v) is 18.7. The van der Waals surface area contributed by atoms with Crippen LogP contribution in [0.15, 0.2) is 14.4 Å². The summed E-state index contributed by atoms with van der Waals surface area (Å²) < 4.78 is 19.2. The Balaban J connectivity index is 2.71. The van der Waals surface area contributed by atoms with E-state index in [1.54, 1.807) is 0 Å². The molecule has 0 aliphatic rings. The molecule has 0 fully saturated rings. The molecule has 0 aliphatic carbocycles. The average Bonchev–Trinajstić information content (AvgIpc) is 3.09. The predicted octanol–water partition coefficient (Wildman–Crippen LogP) is 7.34. The van der Waals surface area contributed by atoms with Crippen LogP contribution >= 0.6 is 0 Å². The zero-order valence-corrected chi connectivity index (χ0v) is 37.0. The van der Waals surface area contributed by atoms with Crippen LogP contribution in [0.1, 0.15) is 159 Å². The topological polar surface area (TPSA) is 181 Å². The van der Waals surface area contributed by atoms with Crippen molar-refractivity contribution in [2.24, 2.45) is 16.2 Å². The summed E-state index contributed by atoms with van der Waals surface area (Å²) in [5, 5.41) is 8.30. The number of hydrogen-bond donors (Lipinski definition) is 3. The van der Waals surface area contributed by atoms with Gasteiger partial charge >= 0.3 is 35.3 Å². The Bertz CT molecular complexity index is 1290. The highest BCUT2D eigenvalue weighted by molar-refractivity contribution is 5.67. The maximum Gasteiger partial charge on any atom is 0.407 e. The molecule has 0 aromatic carbocycles. The molecule has 0 radical (unpaired) electrons. The van der Waals surface area contributed by atoms with Gasteiger partial charge in [0.25, 0.3) is 0 Å². The van der Waals surface area contributed by atoms with Crippen molar-refractivity contribution in [3.63, 3.8) is 0 Å². The van der Waals surface area contributed by atoms with Crippen LogP contribution in [0, 0.1) is 16.2 Å². The van der Waals surface area contributed by atoms with E-state index in [9.17, 15) is 28.8 Å². The van der Waals surface area contributed by atoms with Gasteiger partial charge < -0.3 is 30.2 Å². The second kappa shape index (κ2) is 27.0. The molecule has 15 heteroatoms. The number of aromatic nitrogens is 3. The van der Waals surface area contributed by atoms with Crippen LogP contribution in [0.3, 0.4) is 0 Å². The van der Waals surface area contributed by atoms with E-state index in [0.29, 0.717) is 58.7 Å². The minimum Gasteiger partial charge on any atom is -0.450 e. The fraction of sp³-hybridized carbons (Fsp3) is 0.857. The first kappa shape index (κ1) is 51.2. The van der Waals surface area contributed by atoms with E-state index >= 15 is 0 Å². The van der Waals surface area contributed by atoms with Crippen molar-refractivity contribution in [1.29, 1.82) is 0 Å². The van der Waals surface area contributed by atoms with Crippen molar-refractivity contribution in [1.82, 2.24) is 29.7 Å². The lowest BCUT2D eigenvalue weighted by atomic mass is 9.93. The van der Waals surface area contributed by atoms with Crippen molar-refractivity contribution < 1.29 is 28.6 Å². The molecule has 0 unspecified atom stereocenters. The van der Waals surface area contributed by atoms with Crippen molar-refractivity contribution in [2.45, 2.75) is 178 Å². The molecule has 1 aromatic heterocycles. The molecule has 0 saturated carbocycles. The van der Waals surface area contributed by atoms with Gasteiger partial charge in [0.05, 0.1) is 19.8 Å². The highest BCUT2D eigenvalue weighted by Crippen LogP contribution is 2.19. The summed E-state index contributed by atoms with van der Waals surface area (Å²) in [6, 6.07) is 0.